The van der Waals surface area contributed by atoms with Crippen LogP contribution in [0.25, 0.3) is 10.9 Å². The number of methoxy groups -OCH3 is 1. The minimum atomic E-state index is -0.660. The highest BCUT2D eigenvalue weighted by molar-refractivity contribution is 5.85. The number of nitrogens with zero attached hydrogens (tertiary/aromatic N) is 5. The number of benzene rings is 1. The molecule has 1 aliphatic rings. The minimum absolute atomic E-state index is 0.0611. The van der Waals surface area contributed by atoms with Gasteiger partial charge in [-0.2, -0.15) is 0 Å². The third kappa shape index (κ3) is 4.49. The SMILES string of the molecule is COC(=O)n1nnnc1CN(Cc1cc2c(C)ccc(C)c2[nH]c1=O)CC1CCCO1. The van der Waals surface area contributed by atoms with Gasteiger partial charge in [0.2, 0.25) is 0 Å². The van der Waals surface area contributed by atoms with Gasteiger partial charge in [-0.15, -0.1) is 9.78 Å². The molecule has 0 spiro atoms. The molecule has 1 fully saturated rings. The number of aryl methyl sites for hydroxylation is 2. The molecule has 0 saturated carbocycles. The number of hydrogen-bond donors (Lipinski definition) is 1. The van der Waals surface area contributed by atoms with Crippen LogP contribution in [-0.2, 0) is 22.6 Å². The summed E-state index contributed by atoms with van der Waals surface area (Å²) >= 11 is 0. The lowest BCUT2D eigenvalue weighted by Crippen LogP contribution is -2.35. The molecule has 4 rings (SSSR count). The highest BCUT2D eigenvalue weighted by atomic mass is 16.5. The molecular weight excluding hydrogens is 400 g/mol. The van der Waals surface area contributed by atoms with E-state index in [1.165, 1.54) is 7.11 Å². The van der Waals surface area contributed by atoms with Crippen molar-refractivity contribution in [2.75, 3.05) is 20.3 Å². The number of tetrazole rings is 1. The molecule has 164 valence electrons. The molecule has 1 atom stereocenters. The highest BCUT2D eigenvalue weighted by Crippen LogP contribution is 2.21. The lowest BCUT2D eigenvalue weighted by molar-refractivity contribution is 0.0663. The van der Waals surface area contributed by atoms with Gasteiger partial charge in [-0.3, -0.25) is 9.69 Å². The predicted molar refractivity (Wildman–Crippen MR) is 113 cm³/mol. The molecule has 1 saturated heterocycles. The Labute approximate surface area is 179 Å². The van der Waals surface area contributed by atoms with E-state index in [4.69, 9.17) is 9.47 Å². The van der Waals surface area contributed by atoms with Gasteiger partial charge in [-0.1, -0.05) is 12.1 Å². The number of carbonyl (C=O) groups excluding carboxylic acids is 1. The lowest BCUT2D eigenvalue weighted by atomic mass is 10.0. The molecule has 0 aliphatic carbocycles. The molecule has 1 unspecified atom stereocenters. The second-order valence-corrected chi connectivity index (χ2v) is 7.89. The first kappa shape index (κ1) is 21.1. The zero-order valence-corrected chi connectivity index (χ0v) is 17.9. The van der Waals surface area contributed by atoms with Gasteiger partial charge in [0.25, 0.3) is 5.56 Å². The summed E-state index contributed by atoms with van der Waals surface area (Å²) in [6, 6.07) is 6.00. The fourth-order valence-electron chi connectivity index (χ4n) is 3.97. The van der Waals surface area contributed by atoms with Gasteiger partial charge in [0.15, 0.2) is 5.82 Å². The number of pyridine rings is 1. The summed E-state index contributed by atoms with van der Waals surface area (Å²) in [5.41, 5.74) is 3.48. The van der Waals surface area contributed by atoms with Crippen LogP contribution in [0.1, 0.15) is 35.4 Å². The molecule has 3 heterocycles. The number of H-pyrrole nitrogens is 1. The van der Waals surface area contributed by atoms with Crippen LogP contribution in [0, 0.1) is 13.8 Å². The van der Waals surface area contributed by atoms with E-state index in [0.29, 0.717) is 24.5 Å². The van der Waals surface area contributed by atoms with Crippen molar-refractivity contribution in [1.82, 2.24) is 30.1 Å². The van der Waals surface area contributed by atoms with Gasteiger partial charge in [-0.25, -0.2) is 4.79 Å². The number of fused-ring (bicyclic) bond motifs is 1. The van der Waals surface area contributed by atoms with Crippen LogP contribution < -0.4 is 5.56 Å². The summed E-state index contributed by atoms with van der Waals surface area (Å²) < 4.78 is 11.6. The lowest BCUT2D eigenvalue weighted by Gasteiger charge is -2.24. The summed E-state index contributed by atoms with van der Waals surface area (Å²) in [4.78, 5) is 29.9. The first-order valence-electron chi connectivity index (χ1n) is 10.3. The van der Waals surface area contributed by atoms with Gasteiger partial charge in [0.1, 0.15) is 0 Å². The van der Waals surface area contributed by atoms with E-state index < -0.39 is 6.09 Å². The van der Waals surface area contributed by atoms with Gasteiger partial charge in [0.05, 0.1) is 25.3 Å². The van der Waals surface area contributed by atoms with E-state index in [-0.39, 0.29) is 18.2 Å². The summed E-state index contributed by atoms with van der Waals surface area (Å²) in [7, 11) is 1.27. The number of aromatic amines is 1. The van der Waals surface area contributed by atoms with Crippen molar-refractivity contribution in [1.29, 1.82) is 0 Å². The number of nitrogens with one attached hydrogen (secondary N) is 1. The van der Waals surface area contributed by atoms with Crippen molar-refractivity contribution in [3.8, 4) is 0 Å². The number of aromatic nitrogens is 5. The smallest absolute Gasteiger partial charge is 0.437 e. The van der Waals surface area contributed by atoms with Crippen molar-refractivity contribution in [2.45, 2.75) is 45.9 Å². The monoisotopic (exact) mass is 426 g/mol. The Kier molecular flexibility index (Phi) is 6.10. The second kappa shape index (κ2) is 8.94. The van der Waals surface area contributed by atoms with Crippen LogP contribution in [0.4, 0.5) is 4.79 Å². The Morgan fingerprint density at radius 2 is 2.13 bits per heavy atom. The molecule has 0 amide bonds. The first-order chi connectivity index (χ1) is 15.0. The van der Waals surface area contributed by atoms with Crippen molar-refractivity contribution < 1.29 is 14.3 Å². The van der Waals surface area contributed by atoms with Gasteiger partial charge in [-0.05, 0) is 54.3 Å². The average Bonchev–Trinajstić information content (AvgIpc) is 3.43. The van der Waals surface area contributed by atoms with Gasteiger partial charge in [0, 0.05) is 30.6 Å². The van der Waals surface area contributed by atoms with Crippen molar-refractivity contribution in [2.24, 2.45) is 0 Å². The topological polar surface area (TPSA) is 115 Å². The van der Waals surface area contributed by atoms with E-state index in [0.717, 1.165) is 46.2 Å². The Morgan fingerprint density at radius 1 is 1.32 bits per heavy atom. The maximum absolute atomic E-state index is 12.9. The number of rotatable bonds is 6. The van der Waals surface area contributed by atoms with Crippen LogP contribution in [0.15, 0.2) is 23.0 Å². The minimum Gasteiger partial charge on any atom is -0.451 e. The molecule has 31 heavy (non-hydrogen) atoms. The Bertz CT molecular complexity index is 1150. The van der Waals surface area contributed by atoms with Crippen molar-refractivity contribution in [3.63, 3.8) is 0 Å². The molecule has 10 nitrogen and oxygen atoms in total. The van der Waals surface area contributed by atoms with Crippen molar-refractivity contribution in [3.05, 3.63) is 51.1 Å². The van der Waals surface area contributed by atoms with E-state index in [9.17, 15) is 9.59 Å². The summed E-state index contributed by atoms with van der Waals surface area (Å²) in [6.07, 6.45) is 1.36. The zero-order chi connectivity index (χ0) is 22.0. The predicted octanol–water partition coefficient (Wildman–Crippen LogP) is 1.93. The summed E-state index contributed by atoms with van der Waals surface area (Å²) in [5, 5.41) is 12.3. The maximum Gasteiger partial charge on any atom is 0.437 e. The van der Waals surface area contributed by atoms with Crippen molar-refractivity contribution >= 4 is 17.0 Å². The molecule has 3 aromatic rings. The summed E-state index contributed by atoms with van der Waals surface area (Å²) in [5.74, 6) is 0.342. The molecule has 0 bridgehead atoms. The normalized spacial score (nSPS) is 16.3. The molecule has 2 aromatic heterocycles. The number of hydrogen-bond acceptors (Lipinski definition) is 8. The third-order valence-corrected chi connectivity index (χ3v) is 5.65. The van der Waals surface area contributed by atoms with Crippen LogP contribution >= 0.6 is 0 Å². The average molecular weight is 426 g/mol. The van der Waals surface area contributed by atoms with Gasteiger partial charge < -0.3 is 14.5 Å². The van der Waals surface area contributed by atoms with E-state index in [1.807, 2.05) is 30.9 Å². The van der Waals surface area contributed by atoms with Crippen LogP contribution in [0.5, 0.6) is 0 Å². The van der Waals surface area contributed by atoms with E-state index in [1.54, 1.807) is 0 Å². The molecular formula is C21H26N6O4. The maximum atomic E-state index is 12.9. The van der Waals surface area contributed by atoms with Crippen LogP contribution in [0.3, 0.4) is 0 Å². The first-order valence-corrected chi connectivity index (χ1v) is 10.3. The summed E-state index contributed by atoms with van der Waals surface area (Å²) in [6.45, 7) is 5.97. The third-order valence-electron chi connectivity index (χ3n) is 5.65. The largest absolute Gasteiger partial charge is 0.451 e. The molecule has 1 aromatic carbocycles. The molecule has 1 N–H and O–H groups in total. The van der Waals surface area contributed by atoms with Crippen LogP contribution in [-0.4, -0.2) is 62.5 Å². The fourth-order valence-corrected chi connectivity index (χ4v) is 3.97. The van der Waals surface area contributed by atoms with Crippen LogP contribution in [0.2, 0.25) is 0 Å². The molecule has 10 heteroatoms. The second-order valence-electron chi connectivity index (χ2n) is 7.89. The van der Waals surface area contributed by atoms with E-state index in [2.05, 4.69) is 26.6 Å². The number of carbonyl (C=O) groups is 1. The zero-order valence-electron chi connectivity index (χ0n) is 17.9. The Morgan fingerprint density at radius 3 is 2.87 bits per heavy atom. The standard InChI is InChI=1S/C21H26N6O4/c1-13-6-7-14(2)19-17(13)9-15(20(28)22-19)10-26(11-16-5-4-8-31-16)12-18-23-24-25-27(18)21(29)30-3/h6-7,9,16H,4-5,8,10-12H2,1-3H3,(H,22,28). The fraction of sp³-hybridized carbons (Fsp3) is 0.476. The highest BCUT2D eigenvalue weighted by Gasteiger charge is 2.24. The molecule has 1 aliphatic heterocycles. The Hall–Kier alpha value is -3.11. The number of ether oxygens (including phenoxy) is 2. The quantitative estimate of drug-likeness (QED) is 0.595. The Balaban J connectivity index is 1.65. The van der Waals surface area contributed by atoms with Gasteiger partial charge >= 0.3 is 6.09 Å². The molecule has 0 radical (unpaired) electrons. The van der Waals surface area contributed by atoms with E-state index >= 15 is 0 Å².